The zero-order valence-corrected chi connectivity index (χ0v) is 10.7. The van der Waals surface area contributed by atoms with Gasteiger partial charge < -0.3 is 5.11 Å². The lowest BCUT2D eigenvalue weighted by atomic mass is 9.96. The van der Waals surface area contributed by atoms with Gasteiger partial charge in [0.05, 0.1) is 0 Å². The van der Waals surface area contributed by atoms with Gasteiger partial charge in [-0.2, -0.15) is 0 Å². The molecule has 3 rings (SSSR count). The molecule has 94 valence electrons. The largest absolute Gasteiger partial charge is 0.384 e. The van der Waals surface area contributed by atoms with Crippen molar-refractivity contribution in [1.82, 2.24) is 4.98 Å². The van der Waals surface area contributed by atoms with E-state index in [-0.39, 0.29) is 0 Å². The molecule has 0 saturated carbocycles. The number of hydrogen-bond acceptors (Lipinski definition) is 2. The van der Waals surface area contributed by atoms with Crippen molar-refractivity contribution in [3.8, 4) is 0 Å². The van der Waals surface area contributed by atoms with Gasteiger partial charge in [-0.1, -0.05) is 48.0 Å². The van der Waals surface area contributed by atoms with Crippen molar-refractivity contribution in [1.29, 1.82) is 0 Å². The number of aliphatic hydroxyl groups excluding tert-OH is 1. The lowest BCUT2D eigenvalue weighted by Crippen LogP contribution is -2.00. The van der Waals surface area contributed by atoms with E-state index in [0.717, 1.165) is 27.5 Å². The van der Waals surface area contributed by atoms with Crippen LogP contribution in [0.5, 0.6) is 0 Å². The lowest BCUT2D eigenvalue weighted by Gasteiger charge is -2.14. The van der Waals surface area contributed by atoms with Crippen molar-refractivity contribution < 1.29 is 5.11 Å². The van der Waals surface area contributed by atoms with Gasteiger partial charge >= 0.3 is 0 Å². The Labute approximate surface area is 112 Å². The zero-order chi connectivity index (χ0) is 13.2. The summed E-state index contributed by atoms with van der Waals surface area (Å²) in [7, 11) is 0. The Morgan fingerprint density at radius 3 is 2.74 bits per heavy atom. The summed E-state index contributed by atoms with van der Waals surface area (Å²) in [5.74, 6) is 0. The van der Waals surface area contributed by atoms with Crippen LogP contribution in [0, 0.1) is 6.92 Å². The van der Waals surface area contributed by atoms with Crippen molar-refractivity contribution in [2.24, 2.45) is 0 Å². The van der Waals surface area contributed by atoms with Crippen LogP contribution in [0.2, 0.25) is 0 Å². The Balaban J connectivity index is 2.14. The van der Waals surface area contributed by atoms with Gasteiger partial charge in [0.2, 0.25) is 0 Å². The van der Waals surface area contributed by atoms with Gasteiger partial charge in [0.15, 0.2) is 0 Å². The van der Waals surface area contributed by atoms with Crippen molar-refractivity contribution in [3.05, 3.63) is 77.6 Å². The number of aryl methyl sites for hydroxylation is 1. The summed E-state index contributed by atoms with van der Waals surface area (Å²) >= 11 is 0. The van der Waals surface area contributed by atoms with E-state index in [2.05, 4.69) is 4.98 Å². The SMILES string of the molecule is Cc1cccc(C(O)c2cccc3cnccc23)c1. The Bertz CT molecular complexity index is 716. The third-order valence-electron chi connectivity index (χ3n) is 3.37. The fraction of sp³-hybridized carbons (Fsp3) is 0.118. The van der Waals surface area contributed by atoms with E-state index in [1.807, 2.05) is 61.7 Å². The molecule has 2 heteroatoms. The maximum atomic E-state index is 10.6. The number of aliphatic hydroxyl groups is 1. The third kappa shape index (κ3) is 2.23. The molecule has 0 radical (unpaired) electrons. The Hall–Kier alpha value is -2.19. The summed E-state index contributed by atoms with van der Waals surface area (Å²) in [6.45, 7) is 2.03. The van der Waals surface area contributed by atoms with Crippen molar-refractivity contribution in [2.45, 2.75) is 13.0 Å². The fourth-order valence-corrected chi connectivity index (χ4v) is 2.41. The molecule has 2 aromatic carbocycles. The maximum absolute atomic E-state index is 10.6. The third-order valence-corrected chi connectivity index (χ3v) is 3.37. The molecule has 1 atom stereocenters. The van der Waals surface area contributed by atoms with Crippen LogP contribution in [0.1, 0.15) is 22.8 Å². The standard InChI is InChI=1S/C17H15NO/c1-12-4-2-5-13(10-12)17(19)16-7-3-6-14-11-18-9-8-15(14)16/h2-11,17,19H,1H3. The highest BCUT2D eigenvalue weighted by atomic mass is 16.3. The summed E-state index contributed by atoms with van der Waals surface area (Å²) < 4.78 is 0. The molecule has 0 aliphatic carbocycles. The molecule has 0 fully saturated rings. The normalized spacial score (nSPS) is 12.5. The molecule has 1 N–H and O–H groups in total. The van der Waals surface area contributed by atoms with E-state index in [0.29, 0.717) is 0 Å². The van der Waals surface area contributed by atoms with Crippen LogP contribution >= 0.6 is 0 Å². The van der Waals surface area contributed by atoms with E-state index < -0.39 is 6.10 Å². The van der Waals surface area contributed by atoms with Gasteiger partial charge in [-0.15, -0.1) is 0 Å². The molecule has 2 nitrogen and oxygen atoms in total. The molecule has 0 amide bonds. The molecule has 0 bridgehead atoms. The second-order valence-electron chi connectivity index (χ2n) is 4.76. The summed E-state index contributed by atoms with van der Waals surface area (Å²) in [6.07, 6.45) is 2.97. The topological polar surface area (TPSA) is 33.1 Å². The van der Waals surface area contributed by atoms with Crippen LogP contribution in [-0.4, -0.2) is 10.1 Å². The average Bonchev–Trinajstić information content (AvgIpc) is 2.46. The Kier molecular flexibility index (Phi) is 3.02. The average molecular weight is 249 g/mol. The van der Waals surface area contributed by atoms with E-state index in [9.17, 15) is 5.11 Å². The molecular formula is C17H15NO. The highest BCUT2D eigenvalue weighted by Gasteiger charge is 2.13. The molecule has 1 unspecified atom stereocenters. The van der Waals surface area contributed by atoms with Gasteiger partial charge in [-0.3, -0.25) is 4.98 Å². The molecule has 0 aliphatic heterocycles. The molecule has 1 aromatic heterocycles. The van der Waals surface area contributed by atoms with Crippen LogP contribution in [0.3, 0.4) is 0 Å². The van der Waals surface area contributed by atoms with Crippen LogP contribution in [-0.2, 0) is 0 Å². The highest BCUT2D eigenvalue weighted by Crippen LogP contribution is 2.28. The molecule has 0 spiro atoms. The monoisotopic (exact) mass is 249 g/mol. The first kappa shape index (κ1) is 11.9. The van der Waals surface area contributed by atoms with E-state index in [1.54, 1.807) is 6.20 Å². The second-order valence-corrected chi connectivity index (χ2v) is 4.76. The fourth-order valence-electron chi connectivity index (χ4n) is 2.41. The zero-order valence-electron chi connectivity index (χ0n) is 10.7. The van der Waals surface area contributed by atoms with Crippen LogP contribution < -0.4 is 0 Å². The molecule has 19 heavy (non-hydrogen) atoms. The van der Waals surface area contributed by atoms with Crippen LogP contribution in [0.25, 0.3) is 10.8 Å². The lowest BCUT2D eigenvalue weighted by molar-refractivity contribution is 0.222. The van der Waals surface area contributed by atoms with Crippen molar-refractivity contribution in [2.75, 3.05) is 0 Å². The summed E-state index contributed by atoms with van der Waals surface area (Å²) in [5, 5.41) is 12.7. The number of pyridine rings is 1. The number of fused-ring (bicyclic) bond motifs is 1. The van der Waals surface area contributed by atoms with E-state index in [4.69, 9.17) is 0 Å². The van der Waals surface area contributed by atoms with Gasteiger partial charge in [0, 0.05) is 17.8 Å². The predicted octanol–water partition coefficient (Wildman–Crippen LogP) is 3.62. The quantitative estimate of drug-likeness (QED) is 0.752. The molecule has 0 aliphatic rings. The maximum Gasteiger partial charge on any atom is 0.105 e. The summed E-state index contributed by atoms with van der Waals surface area (Å²) in [5.41, 5.74) is 2.99. The molecule has 3 aromatic rings. The number of nitrogens with zero attached hydrogens (tertiary/aromatic N) is 1. The van der Waals surface area contributed by atoms with Gasteiger partial charge in [-0.25, -0.2) is 0 Å². The van der Waals surface area contributed by atoms with E-state index in [1.165, 1.54) is 0 Å². The molecule has 1 heterocycles. The van der Waals surface area contributed by atoms with Gasteiger partial charge in [-0.05, 0) is 29.5 Å². The van der Waals surface area contributed by atoms with Gasteiger partial charge in [0.25, 0.3) is 0 Å². The summed E-state index contributed by atoms with van der Waals surface area (Å²) in [6, 6.07) is 15.9. The minimum absolute atomic E-state index is 0.606. The second kappa shape index (κ2) is 4.82. The van der Waals surface area contributed by atoms with Crippen LogP contribution in [0.15, 0.2) is 60.9 Å². The first-order valence-corrected chi connectivity index (χ1v) is 6.33. The first-order chi connectivity index (χ1) is 9.25. The Morgan fingerprint density at radius 2 is 1.89 bits per heavy atom. The molecule has 0 saturated heterocycles. The van der Waals surface area contributed by atoms with Crippen LogP contribution in [0.4, 0.5) is 0 Å². The Morgan fingerprint density at radius 1 is 1.05 bits per heavy atom. The number of hydrogen-bond donors (Lipinski definition) is 1. The summed E-state index contributed by atoms with van der Waals surface area (Å²) in [4.78, 5) is 4.12. The minimum atomic E-state index is -0.606. The number of aromatic nitrogens is 1. The van der Waals surface area contributed by atoms with Crippen molar-refractivity contribution in [3.63, 3.8) is 0 Å². The van der Waals surface area contributed by atoms with E-state index >= 15 is 0 Å². The smallest absolute Gasteiger partial charge is 0.105 e. The predicted molar refractivity (Wildman–Crippen MR) is 77.0 cm³/mol. The van der Waals surface area contributed by atoms with Crippen molar-refractivity contribution >= 4 is 10.8 Å². The minimum Gasteiger partial charge on any atom is -0.384 e. The highest BCUT2D eigenvalue weighted by molar-refractivity contribution is 5.85. The number of rotatable bonds is 2. The molecular weight excluding hydrogens is 234 g/mol. The van der Waals surface area contributed by atoms with Gasteiger partial charge in [0.1, 0.15) is 6.10 Å². The number of benzene rings is 2. The first-order valence-electron chi connectivity index (χ1n) is 6.33.